The lowest BCUT2D eigenvalue weighted by molar-refractivity contribution is -0.191. The Kier molecular flexibility index (Phi) is 9.98. The summed E-state index contributed by atoms with van der Waals surface area (Å²) in [6.45, 7) is 20.1. The molecule has 1 fully saturated rings. The lowest BCUT2D eigenvalue weighted by atomic mass is 9.83. The van der Waals surface area contributed by atoms with Crippen molar-refractivity contribution < 1.29 is 33.3 Å². The minimum absolute atomic E-state index is 0.0864. The molecule has 1 heterocycles. The molecular weight excluding hydrogens is 476 g/mol. The zero-order valence-electron chi connectivity index (χ0n) is 23.8. The number of hydrogen-bond donors (Lipinski definition) is 2. The molecule has 1 aromatic carbocycles. The fraction of sp³-hybridized carbons (Fsp3) is 0.750. The summed E-state index contributed by atoms with van der Waals surface area (Å²) >= 11 is 0. The lowest BCUT2D eigenvalue weighted by Gasteiger charge is -2.56. The Hall–Kier alpha value is -1.29. The summed E-state index contributed by atoms with van der Waals surface area (Å²) in [5.74, 6) is -0.816. The van der Waals surface area contributed by atoms with Crippen LogP contribution in [0.5, 0.6) is 0 Å². The third-order valence-corrected chi connectivity index (χ3v) is 12.0. The summed E-state index contributed by atoms with van der Waals surface area (Å²) in [5, 5.41) is 21.9. The summed E-state index contributed by atoms with van der Waals surface area (Å²) in [4.78, 5) is 13.1. The molecule has 2 N–H and O–H groups in total. The highest BCUT2D eigenvalue weighted by Gasteiger charge is 2.64. The first-order valence-electron chi connectivity index (χ1n) is 13.0. The van der Waals surface area contributed by atoms with Crippen LogP contribution in [0, 0.1) is 5.92 Å². The molecule has 0 saturated carbocycles. The third kappa shape index (κ3) is 6.97. The Bertz CT molecular complexity index is 828. The highest BCUT2D eigenvalue weighted by Crippen LogP contribution is 2.55. The largest absolute Gasteiger partial charge is 0.461 e. The molecule has 2 rings (SSSR count). The van der Waals surface area contributed by atoms with Gasteiger partial charge in [-0.25, -0.2) is 4.79 Å². The van der Waals surface area contributed by atoms with Gasteiger partial charge in [-0.3, -0.25) is 0 Å². The fourth-order valence-corrected chi connectivity index (χ4v) is 10.3. The smallest absolute Gasteiger partial charge is 0.350 e. The first-order valence-corrected chi connectivity index (χ1v) is 14.8. The van der Waals surface area contributed by atoms with Gasteiger partial charge in [0.2, 0.25) is 0 Å². The maximum Gasteiger partial charge on any atom is 0.350 e. The predicted octanol–water partition coefficient (Wildman–Crippen LogP) is 5.12. The Morgan fingerprint density at radius 3 is 2.14 bits per heavy atom. The van der Waals surface area contributed by atoms with Crippen molar-refractivity contribution in [3.8, 4) is 0 Å². The Labute approximate surface area is 218 Å². The second-order valence-corrected chi connectivity index (χ2v) is 17.4. The van der Waals surface area contributed by atoms with Gasteiger partial charge in [-0.2, -0.15) is 0 Å². The van der Waals surface area contributed by atoms with Gasteiger partial charge in [0, 0.05) is 22.4 Å². The van der Waals surface area contributed by atoms with Crippen molar-refractivity contribution in [1.29, 1.82) is 0 Å². The number of rotatable bonds is 7. The summed E-state index contributed by atoms with van der Waals surface area (Å²) in [5.41, 5.74) is -0.595. The van der Waals surface area contributed by atoms with Crippen LogP contribution in [0.2, 0.25) is 10.1 Å². The molecule has 7 nitrogen and oxygen atoms in total. The third-order valence-electron chi connectivity index (χ3n) is 6.89. The van der Waals surface area contributed by atoms with Crippen LogP contribution in [-0.4, -0.2) is 61.4 Å². The van der Waals surface area contributed by atoms with E-state index in [-0.39, 0.29) is 18.4 Å². The summed E-state index contributed by atoms with van der Waals surface area (Å²) in [6, 6.07) is 9.88. The fourth-order valence-electron chi connectivity index (χ4n) is 5.21. The molecule has 1 aliphatic rings. The van der Waals surface area contributed by atoms with Gasteiger partial charge in [0.15, 0.2) is 0 Å². The van der Waals surface area contributed by atoms with Crippen molar-refractivity contribution in [3.05, 3.63) is 35.9 Å². The van der Waals surface area contributed by atoms with Gasteiger partial charge >= 0.3 is 14.5 Å². The normalized spacial score (nSPS) is 28.3. The molecule has 1 saturated heterocycles. The molecule has 0 unspecified atom stereocenters. The zero-order valence-corrected chi connectivity index (χ0v) is 24.8. The van der Waals surface area contributed by atoms with Crippen molar-refractivity contribution in [2.75, 3.05) is 6.61 Å². The van der Waals surface area contributed by atoms with E-state index in [2.05, 4.69) is 41.5 Å². The molecule has 0 aromatic heterocycles. The van der Waals surface area contributed by atoms with Gasteiger partial charge < -0.3 is 28.5 Å². The summed E-state index contributed by atoms with van der Waals surface area (Å²) in [7, 11) is -3.32. The van der Waals surface area contributed by atoms with Crippen molar-refractivity contribution in [1.82, 2.24) is 0 Å². The second-order valence-electron chi connectivity index (χ2n) is 12.7. The Morgan fingerprint density at radius 1 is 1.08 bits per heavy atom. The molecule has 1 aliphatic heterocycles. The highest BCUT2D eigenvalue weighted by molar-refractivity contribution is 6.73. The molecule has 0 radical (unpaired) electrons. The number of hydrogen-bond acceptors (Lipinski definition) is 7. The van der Waals surface area contributed by atoms with Crippen molar-refractivity contribution in [2.45, 2.75) is 122 Å². The van der Waals surface area contributed by atoms with E-state index in [1.807, 2.05) is 37.3 Å². The molecule has 0 spiro atoms. The molecule has 0 bridgehead atoms. The van der Waals surface area contributed by atoms with E-state index >= 15 is 0 Å². The van der Waals surface area contributed by atoms with E-state index < -0.39 is 48.5 Å². The van der Waals surface area contributed by atoms with Crippen LogP contribution in [0.25, 0.3) is 0 Å². The van der Waals surface area contributed by atoms with Crippen molar-refractivity contribution >= 4 is 14.5 Å². The van der Waals surface area contributed by atoms with E-state index in [1.54, 1.807) is 20.8 Å². The zero-order chi connectivity index (χ0) is 27.5. The Morgan fingerprint density at radius 2 is 1.64 bits per heavy atom. The van der Waals surface area contributed by atoms with E-state index in [9.17, 15) is 15.0 Å². The minimum Gasteiger partial charge on any atom is -0.461 e. The number of carbonyl (C=O) groups excluding carboxylic acids is 1. The maximum absolute atomic E-state index is 13.1. The van der Waals surface area contributed by atoms with Gasteiger partial charge in [0.05, 0.1) is 31.5 Å². The SMILES string of the molecule is CC(C)OC(=O)[C@@H]1C[C@H](O)[C@@](C)(O)[C@@H]([C@H](C)COCc2ccccc2)O[Si](C(C)(C)C)(C(C)(C)C)O1. The van der Waals surface area contributed by atoms with E-state index in [0.29, 0.717) is 13.2 Å². The molecule has 206 valence electrons. The van der Waals surface area contributed by atoms with E-state index in [0.717, 1.165) is 5.56 Å². The van der Waals surface area contributed by atoms with Crippen molar-refractivity contribution in [3.63, 3.8) is 0 Å². The van der Waals surface area contributed by atoms with Crippen LogP contribution < -0.4 is 0 Å². The lowest BCUT2D eigenvalue weighted by Crippen LogP contribution is -2.68. The van der Waals surface area contributed by atoms with E-state index in [1.165, 1.54) is 0 Å². The molecule has 5 atom stereocenters. The molecule has 8 heteroatoms. The first-order chi connectivity index (χ1) is 16.4. The minimum atomic E-state index is -3.32. The summed E-state index contributed by atoms with van der Waals surface area (Å²) < 4.78 is 25.2. The van der Waals surface area contributed by atoms with Crippen LogP contribution in [0.4, 0.5) is 0 Å². The first kappa shape index (κ1) is 30.9. The monoisotopic (exact) mass is 524 g/mol. The number of aliphatic hydroxyl groups is 2. The van der Waals surface area contributed by atoms with Gasteiger partial charge in [-0.1, -0.05) is 78.8 Å². The Balaban J connectivity index is 2.46. The standard InChI is InChI=1S/C28H48O7Si/c1-19(2)33-25(30)22-16-23(29)28(10,31)24(20(3)17-32-18-21-14-12-11-13-15-21)35-36(34-22,26(4,5)6)27(7,8)9/h11-15,19-20,22-24,29,31H,16-18H2,1-10H3/t20-,22+,23+,24-,28-/m1/s1. The molecule has 36 heavy (non-hydrogen) atoms. The number of esters is 1. The van der Waals surface area contributed by atoms with Crippen LogP contribution in [0.15, 0.2) is 30.3 Å². The average Bonchev–Trinajstić information content (AvgIpc) is 2.73. The molecule has 0 aliphatic carbocycles. The van der Waals surface area contributed by atoms with Crippen LogP contribution in [0.3, 0.4) is 0 Å². The number of ether oxygens (including phenoxy) is 2. The van der Waals surface area contributed by atoms with Crippen molar-refractivity contribution in [2.24, 2.45) is 5.92 Å². The molecular formula is C28H48O7Si. The summed E-state index contributed by atoms with van der Waals surface area (Å²) in [6.07, 6.45) is -3.52. The predicted molar refractivity (Wildman–Crippen MR) is 143 cm³/mol. The van der Waals surface area contributed by atoms with Gasteiger partial charge in [-0.15, -0.1) is 0 Å². The average molecular weight is 525 g/mol. The molecule has 0 amide bonds. The molecule has 1 aromatic rings. The van der Waals surface area contributed by atoms with Gasteiger partial charge in [0.1, 0.15) is 11.7 Å². The van der Waals surface area contributed by atoms with Gasteiger partial charge in [0.25, 0.3) is 0 Å². The quantitative estimate of drug-likeness (QED) is 0.378. The maximum atomic E-state index is 13.1. The van der Waals surface area contributed by atoms with Gasteiger partial charge in [-0.05, 0) is 26.3 Å². The van der Waals surface area contributed by atoms with Crippen LogP contribution >= 0.6 is 0 Å². The number of benzene rings is 1. The second kappa shape index (κ2) is 11.6. The number of aliphatic hydroxyl groups excluding tert-OH is 1. The highest BCUT2D eigenvalue weighted by atomic mass is 28.4. The number of carbonyl (C=O) groups is 1. The van der Waals surface area contributed by atoms with Crippen LogP contribution in [0.1, 0.15) is 81.2 Å². The van der Waals surface area contributed by atoms with Crippen LogP contribution in [-0.2, 0) is 29.7 Å². The van der Waals surface area contributed by atoms with E-state index in [4.69, 9.17) is 18.3 Å². The topological polar surface area (TPSA) is 94.5 Å².